The Balaban J connectivity index is 2.42. The molecule has 0 unspecified atom stereocenters. The number of aromatic nitrogens is 2. The lowest BCUT2D eigenvalue weighted by Gasteiger charge is -2.09. The van der Waals surface area contributed by atoms with Crippen molar-refractivity contribution >= 4 is 22.6 Å². The number of ether oxygens (including phenoxy) is 1. The molecule has 0 aliphatic rings. The number of rotatable bonds is 7. The molecule has 0 fully saturated rings. The number of nitrogens with one attached hydrogen (secondary N) is 1. The summed E-state index contributed by atoms with van der Waals surface area (Å²) in [7, 11) is 1.68. The highest BCUT2D eigenvalue weighted by atomic mass is 127. The van der Waals surface area contributed by atoms with Crippen LogP contribution in [0.25, 0.3) is 0 Å². The first-order valence-corrected chi connectivity index (χ1v) is 6.66. The van der Waals surface area contributed by atoms with Gasteiger partial charge in [-0.05, 0) is 42.5 Å². The lowest BCUT2D eigenvalue weighted by Crippen LogP contribution is -2.28. The van der Waals surface area contributed by atoms with Crippen molar-refractivity contribution in [2.75, 3.05) is 26.8 Å². The first-order chi connectivity index (χ1) is 8.16. The van der Waals surface area contributed by atoms with Crippen LogP contribution in [0.1, 0.15) is 12.2 Å². The molecule has 1 rings (SSSR count). The fourth-order valence-corrected chi connectivity index (χ4v) is 1.91. The third kappa shape index (κ3) is 4.72. The molecule has 0 aliphatic carbocycles. The second kappa shape index (κ2) is 7.78. The van der Waals surface area contributed by atoms with Gasteiger partial charge in [-0.3, -0.25) is 9.36 Å². The minimum Gasteiger partial charge on any atom is -0.383 e. The van der Waals surface area contributed by atoms with E-state index in [9.17, 15) is 4.79 Å². The lowest BCUT2D eigenvalue weighted by molar-refractivity contribution is 0.199. The molecule has 0 saturated heterocycles. The predicted octanol–water partition coefficient (Wildman–Crippen LogP) is 0.782. The van der Waals surface area contributed by atoms with Gasteiger partial charge in [0, 0.05) is 26.4 Å². The molecular formula is C11H18IN3O2. The number of aryl methyl sites for hydroxylation is 1. The summed E-state index contributed by atoms with van der Waals surface area (Å²) in [5.74, 6) is 0.771. The van der Waals surface area contributed by atoms with Crippen molar-refractivity contribution in [3.63, 3.8) is 0 Å². The molecule has 0 spiro atoms. The maximum absolute atomic E-state index is 11.8. The number of halogens is 1. The zero-order valence-corrected chi connectivity index (χ0v) is 12.4. The van der Waals surface area contributed by atoms with Crippen LogP contribution in [0.3, 0.4) is 0 Å². The molecule has 6 heteroatoms. The van der Waals surface area contributed by atoms with Gasteiger partial charge in [0.2, 0.25) is 0 Å². The predicted molar refractivity (Wildman–Crippen MR) is 75.3 cm³/mol. The van der Waals surface area contributed by atoms with Crippen molar-refractivity contribution in [1.29, 1.82) is 0 Å². The molecule has 0 radical (unpaired) electrons. The van der Waals surface area contributed by atoms with Crippen LogP contribution in [-0.2, 0) is 11.3 Å². The molecule has 0 bridgehead atoms. The van der Waals surface area contributed by atoms with Crippen molar-refractivity contribution in [2.24, 2.45) is 0 Å². The van der Waals surface area contributed by atoms with E-state index in [4.69, 9.17) is 4.74 Å². The average Bonchev–Trinajstić information content (AvgIpc) is 2.32. The van der Waals surface area contributed by atoms with Gasteiger partial charge in [0.05, 0.1) is 10.2 Å². The molecule has 0 saturated carbocycles. The van der Waals surface area contributed by atoms with Crippen molar-refractivity contribution in [2.45, 2.75) is 19.9 Å². The smallest absolute Gasteiger partial charge is 0.266 e. The molecule has 96 valence electrons. The number of nitrogens with zero attached hydrogens (tertiary/aromatic N) is 2. The largest absolute Gasteiger partial charge is 0.383 e. The van der Waals surface area contributed by atoms with Crippen LogP contribution >= 0.6 is 22.6 Å². The van der Waals surface area contributed by atoms with Crippen LogP contribution in [-0.4, -0.2) is 36.4 Å². The summed E-state index contributed by atoms with van der Waals surface area (Å²) < 4.78 is 7.32. The summed E-state index contributed by atoms with van der Waals surface area (Å²) >= 11 is 2.02. The Hall–Kier alpha value is -0.470. The van der Waals surface area contributed by atoms with E-state index in [0.717, 1.165) is 25.3 Å². The zero-order valence-electron chi connectivity index (χ0n) is 10.2. The molecule has 1 aromatic rings. The van der Waals surface area contributed by atoms with E-state index in [-0.39, 0.29) is 5.56 Å². The summed E-state index contributed by atoms with van der Waals surface area (Å²) in [6.45, 7) is 4.99. The van der Waals surface area contributed by atoms with Crippen LogP contribution in [0.2, 0.25) is 0 Å². The molecular weight excluding hydrogens is 333 g/mol. The average molecular weight is 351 g/mol. The number of hydrogen-bond acceptors (Lipinski definition) is 4. The minimum atomic E-state index is 0.0509. The molecule has 5 nitrogen and oxygen atoms in total. The Bertz CT molecular complexity index is 406. The van der Waals surface area contributed by atoms with E-state index in [1.807, 2.05) is 29.5 Å². The van der Waals surface area contributed by atoms with Crippen LogP contribution in [0.15, 0.2) is 11.0 Å². The Labute approximate surface area is 115 Å². The summed E-state index contributed by atoms with van der Waals surface area (Å²) in [5, 5.41) is 3.25. The van der Waals surface area contributed by atoms with E-state index in [2.05, 4.69) is 10.3 Å². The summed E-state index contributed by atoms with van der Waals surface area (Å²) in [6.07, 6.45) is 2.53. The van der Waals surface area contributed by atoms with Gasteiger partial charge in [-0.25, -0.2) is 4.98 Å². The summed E-state index contributed by atoms with van der Waals surface area (Å²) in [6, 6.07) is 0. The molecule has 1 aromatic heterocycles. The summed E-state index contributed by atoms with van der Waals surface area (Å²) in [4.78, 5) is 16.0. The van der Waals surface area contributed by atoms with Gasteiger partial charge in [-0.2, -0.15) is 0 Å². The maximum Gasteiger partial charge on any atom is 0.266 e. The first kappa shape index (κ1) is 14.6. The fraction of sp³-hybridized carbons (Fsp3) is 0.636. The quantitative estimate of drug-likeness (QED) is 0.583. The molecule has 1 N–H and O–H groups in total. The summed E-state index contributed by atoms with van der Waals surface area (Å²) in [5.41, 5.74) is 0.0509. The highest BCUT2D eigenvalue weighted by Crippen LogP contribution is 1.98. The third-order valence-corrected chi connectivity index (χ3v) is 3.16. The van der Waals surface area contributed by atoms with E-state index in [1.165, 1.54) is 0 Å². The van der Waals surface area contributed by atoms with Crippen molar-refractivity contribution in [3.05, 3.63) is 25.9 Å². The van der Waals surface area contributed by atoms with Gasteiger partial charge in [-0.15, -0.1) is 0 Å². The van der Waals surface area contributed by atoms with Crippen LogP contribution < -0.4 is 10.9 Å². The molecule has 1 heterocycles. The van der Waals surface area contributed by atoms with Crippen LogP contribution in [0.5, 0.6) is 0 Å². The monoisotopic (exact) mass is 351 g/mol. The maximum atomic E-state index is 11.8. The van der Waals surface area contributed by atoms with E-state index < -0.39 is 0 Å². The second-order valence-electron chi connectivity index (χ2n) is 3.71. The highest BCUT2D eigenvalue weighted by molar-refractivity contribution is 14.1. The fourth-order valence-electron chi connectivity index (χ4n) is 1.48. The Morgan fingerprint density at radius 2 is 2.29 bits per heavy atom. The van der Waals surface area contributed by atoms with Gasteiger partial charge >= 0.3 is 0 Å². The van der Waals surface area contributed by atoms with E-state index >= 15 is 0 Å². The van der Waals surface area contributed by atoms with Crippen LogP contribution in [0.4, 0.5) is 0 Å². The van der Waals surface area contributed by atoms with Crippen molar-refractivity contribution in [3.8, 4) is 0 Å². The third-order valence-electron chi connectivity index (χ3n) is 2.42. The van der Waals surface area contributed by atoms with E-state index in [1.54, 1.807) is 17.9 Å². The van der Waals surface area contributed by atoms with Gasteiger partial charge in [0.1, 0.15) is 5.82 Å². The van der Waals surface area contributed by atoms with Gasteiger partial charge in [-0.1, -0.05) is 0 Å². The first-order valence-electron chi connectivity index (χ1n) is 5.58. The second-order valence-corrected chi connectivity index (χ2v) is 4.87. The molecule has 0 aromatic carbocycles. The zero-order chi connectivity index (χ0) is 12.7. The van der Waals surface area contributed by atoms with Crippen molar-refractivity contribution < 1.29 is 4.74 Å². The molecule has 0 amide bonds. The van der Waals surface area contributed by atoms with E-state index in [0.29, 0.717) is 16.7 Å². The SMILES string of the molecule is COCCNCCCn1c(C)ncc(I)c1=O. The standard InChI is InChI=1S/C11H18IN3O2/c1-9-14-8-10(12)11(16)15(9)6-3-4-13-5-7-17-2/h8,13H,3-7H2,1-2H3. The number of methoxy groups -OCH3 is 1. The number of hydrogen-bond donors (Lipinski definition) is 1. The molecule has 0 aliphatic heterocycles. The Kier molecular flexibility index (Phi) is 6.68. The Morgan fingerprint density at radius 3 is 3.00 bits per heavy atom. The Morgan fingerprint density at radius 1 is 1.53 bits per heavy atom. The highest BCUT2D eigenvalue weighted by Gasteiger charge is 2.04. The minimum absolute atomic E-state index is 0.0509. The van der Waals surface area contributed by atoms with Crippen LogP contribution in [0, 0.1) is 10.5 Å². The van der Waals surface area contributed by atoms with Gasteiger partial charge in [0.25, 0.3) is 5.56 Å². The topological polar surface area (TPSA) is 56.1 Å². The lowest BCUT2D eigenvalue weighted by atomic mass is 10.4. The van der Waals surface area contributed by atoms with Gasteiger partial charge in [0.15, 0.2) is 0 Å². The van der Waals surface area contributed by atoms with Gasteiger partial charge < -0.3 is 10.1 Å². The molecule has 17 heavy (non-hydrogen) atoms. The molecule has 0 atom stereocenters. The normalized spacial score (nSPS) is 10.8. The van der Waals surface area contributed by atoms with Crippen molar-refractivity contribution in [1.82, 2.24) is 14.9 Å².